The van der Waals surface area contributed by atoms with Gasteiger partial charge in [-0.3, -0.25) is 4.57 Å². The highest BCUT2D eigenvalue weighted by Gasteiger charge is 2.27. The number of rotatable bonds is 6. The molecule has 0 unspecified atom stereocenters. The Hall–Kier alpha value is -3.16. The summed E-state index contributed by atoms with van der Waals surface area (Å²) in [6.07, 6.45) is 10.1. The third-order valence-corrected chi connectivity index (χ3v) is 4.88. The highest BCUT2D eigenvalue weighted by molar-refractivity contribution is 5.91. The Morgan fingerprint density at radius 3 is 2.63 bits per heavy atom. The van der Waals surface area contributed by atoms with Crippen molar-refractivity contribution in [1.29, 1.82) is 0 Å². The van der Waals surface area contributed by atoms with Crippen LogP contribution in [0.2, 0.25) is 0 Å². The Bertz CT molecular complexity index is 1100. The minimum Gasteiger partial charge on any atom is -0.460 e. The first kappa shape index (κ1) is 20.1. The number of hydrogen-bond donors (Lipinski definition) is 0. The normalized spacial score (nSPS) is 14.1. The lowest BCUT2D eigenvalue weighted by molar-refractivity contribution is -0.511. The molecular formula is C22H27N4O4+. The predicted molar refractivity (Wildman–Crippen MR) is 108 cm³/mol. The Morgan fingerprint density at radius 1 is 1.20 bits per heavy atom. The quantitative estimate of drug-likeness (QED) is 0.460. The highest BCUT2D eigenvalue weighted by atomic mass is 16.6. The van der Waals surface area contributed by atoms with Crippen molar-refractivity contribution >= 4 is 17.6 Å². The molecule has 1 saturated carbocycles. The van der Waals surface area contributed by atoms with E-state index in [0.717, 1.165) is 5.65 Å². The average molecular weight is 411 g/mol. The summed E-state index contributed by atoms with van der Waals surface area (Å²) in [5.41, 5.74) is 1.74. The fraction of sp³-hybridized carbons (Fsp3) is 0.455. The van der Waals surface area contributed by atoms with Crippen molar-refractivity contribution in [2.45, 2.75) is 58.7 Å². The molecule has 1 fully saturated rings. The van der Waals surface area contributed by atoms with Gasteiger partial charge in [0.25, 0.3) is 5.65 Å². The third kappa shape index (κ3) is 4.22. The van der Waals surface area contributed by atoms with Gasteiger partial charge in [0, 0.05) is 12.3 Å². The molecule has 0 spiro atoms. The van der Waals surface area contributed by atoms with Crippen LogP contribution in [0.15, 0.2) is 36.9 Å². The largest absolute Gasteiger partial charge is 0.460 e. The van der Waals surface area contributed by atoms with E-state index in [-0.39, 0.29) is 18.1 Å². The van der Waals surface area contributed by atoms with Crippen molar-refractivity contribution in [2.24, 2.45) is 0 Å². The summed E-state index contributed by atoms with van der Waals surface area (Å²) in [5.74, 6) is -0.412. The second-order valence-electron chi connectivity index (χ2n) is 8.55. The molecule has 0 radical (unpaired) electrons. The SMILES string of the molecule is CCOC(=O)c1nc(C(=O)OC(C)(C)C)cn1Cn1cc[n+]2cc(C3CC3)ccc12. The Morgan fingerprint density at radius 2 is 1.97 bits per heavy atom. The van der Waals surface area contributed by atoms with E-state index in [2.05, 4.69) is 27.7 Å². The smallest absolute Gasteiger partial charge is 0.374 e. The number of carbonyl (C=O) groups is 2. The third-order valence-electron chi connectivity index (χ3n) is 4.88. The highest BCUT2D eigenvalue weighted by Crippen LogP contribution is 2.39. The maximum Gasteiger partial charge on any atom is 0.374 e. The van der Waals surface area contributed by atoms with Crippen LogP contribution in [0.4, 0.5) is 0 Å². The van der Waals surface area contributed by atoms with Crippen LogP contribution >= 0.6 is 0 Å². The maximum absolute atomic E-state index is 12.5. The van der Waals surface area contributed by atoms with E-state index >= 15 is 0 Å². The molecule has 0 aliphatic heterocycles. The summed E-state index contributed by atoms with van der Waals surface area (Å²) in [7, 11) is 0. The van der Waals surface area contributed by atoms with Crippen LogP contribution in [0.1, 0.15) is 73.1 Å². The van der Waals surface area contributed by atoms with E-state index in [1.54, 1.807) is 32.3 Å². The van der Waals surface area contributed by atoms with Gasteiger partial charge in [-0.25, -0.2) is 23.5 Å². The van der Waals surface area contributed by atoms with Gasteiger partial charge in [-0.05, 0) is 58.1 Å². The van der Waals surface area contributed by atoms with Gasteiger partial charge >= 0.3 is 11.9 Å². The van der Waals surface area contributed by atoms with Gasteiger partial charge < -0.3 is 9.47 Å². The molecule has 1 aliphatic carbocycles. The fourth-order valence-electron chi connectivity index (χ4n) is 3.37. The van der Waals surface area contributed by atoms with Crippen molar-refractivity contribution in [3.63, 3.8) is 0 Å². The van der Waals surface area contributed by atoms with Crippen LogP contribution in [0.25, 0.3) is 5.65 Å². The molecule has 0 aromatic carbocycles. The minimum atomic E-state index is -0.655. The standard InChI is InChI=1S/C22H27N4O4/c1-5-29-21(28)19-23-17(20(27)30-22(2,3)4)13-26(19)14-25-11-10-24-12-16(15-6-7-15)8-9-18(24)25/h8-13,15H,5-7,14H2,1-4H3/q+1. The zero-order valence-electron chi connectivity index (χ0n) is 17.8. The zero-order valence-corrected chi connectivity index (χ0v) is 17.8. The number of aromatic nitrogens is 4. The van der Waals surface area contributed by atoms with Crippen LogP contribution in [-0.4, -0.2) is 38.3 Å². The Balaban J connectivity index is 1.66. The number of nitrogens with zero attached hydrogens (tertiary/aromatic N) is 4. The predicted octanol–water partition coefficient (Wildman–Crippen LogP) is 2.94. The van der Waals surface area contributed by atoms with Gasteiger partial charge in [0.05, 0.1) is 12.8 Å². The number of fused-ring (bicyclic) bond motifs is 1. The molecule has 3 aromatic heterocycles. The van der Waals surface area contributed by atoms with E-state index in [9.17, 15) is 9.59 Å². The molecule has 3 heterocycles. The van der Waals surface area contributed by atoms with Crippen molar-refractivity contribution in [2.75, 3.05) is 6.61 Å². The molecule has 0 amide bonds. The number of ether oxygens (including phenoxy) is 2. The molecule has 0 N–H and O–H groups in total. The van der Waals surface area contributed by atoms with Crippen molar-refractivity contribution in [3.8, 4) is 0 Å². The monoisotopic (exact) mass is 411 g/mol. The van der Waals surface area contributed by atoms with E-state index < -0.39 is 17.5 Å². The molecule has 1 aliphatic rings. The van der Waals surface area contributed by atoms with Crippen LogP contribution in [0.5, 0.6) is 0 Å². The van der Waals surface area contributed by atoms with Crippen LogP contribution < -0.4 is 4.40 Å². The van der Waals surface area contributed by atoms with Gasteiger partial charge in [-0.15, -0.1) is 0 Å². The Labute approximate surface area is 175 Å². The van der Waals surface area contributed by atoms with Crippen molar-refractivity contribution < 1.29 is 23.5 Å². The van der Waals surface area contributed by atoms with Gasteiger partial charge in [-0.2, -0.15) is 0 Å². The molecule has 0 atom stereocenters. The van der Waals surface area contributed by atoms with Crippen LogP contribution in [-0.2, 0) is 16.1 Å². The zero-order chi connectivity index (χ0) is 21.5. The average Bonchev–Trinajstić information content (AvgIpc) is 3.32. The summed E-state index contributed by atoms with van der Waals surface area (Å²) < 4.78 is 16.2. The van der Waals surface area contributed by atoms with Crippen LogP contribution in [0.3, 0.4) is 0 Å². The number of carbonyl (C=O) groups excluding carboxylic acids is 2. The van der Waals surface area contributed by atoms with Crippen molar-refractivity contribution in [3.05, 3.63) is 54.0 Å². The van der Waals surface area contributed by atoms with Crippen molar-refractivity contribution in [1.82, 2.24) is 14.1 Å². The molecule has 3 aromatic rings. The van der Waals surface area contributed by atoms with E-state index in [1.807, 2.05) is 17.0 Å². The molecule has 0 bridgehead atoms. The summed E-state index contributed by atoms with van der Waals surface area (Å²) in [4.78, 5) is 29.1. The van der Waals surface area contributed by atoms with E-state index in [0.29, 0.717) is 12.6 Å². The second-order valence-corrected chi connectivity index (χ2v) is 8.55. The topological polar surface area (TPSA) is 79.4 Å². The second kappa shape index (κ2) is 7.59. The lowest BCUT2D eigenvalue weighted by Crippen LogP contribution is -2.24. The number of hydrogen-bond acceptors (Lipinski definition) is 5. The summed E-state index contributed by atoms with van der Waals surface area (Å²) in [6.45, 7) is 7.62. The fourth-order valence-corrected chi connectivity index (χ4v) is 3.37. The molecule has 158 valence electrons. The summed E-state index contributed by atoms with van der Waals surface area (Å²) in [6, 6.07) is 4.22. The lowest BCUT2D eigenvalue weighted by atomic mass is 10.2. The summed E-state index contributed by atoms with van der Waals surface area (Å²) >= 11 is 0. The first-order valence-corrected chi connectivity index (χ1v) is 10.2. The first-order valence-electron chi connectivity index (χ1n) is 10.2. The van der Waals surface area contributed by atoms with Gasteiger partial charge in [0.1, 0.15) is 18.0 Å². The lowest BCUT2D eigenvalue weighted by Gasteiger charge is -2.18. The molecule has 0 saturated heterocycles. The first-order chi connectivity index (χ1) is 14.2. The van der Waals surface area contributed by atoms with Gasteiger partial charge in [0.15, 0.2) is 12.4 Å². The molecule has 30 heavy (non-hydrogen) atoms. The number of pyridine rings is 1. The van der Waals surface area contributed by atoms with Gasteiger partial charge in [0.2, 0.25) is 5.82 Å². The van der Waals surface area contributed by atoms with E-state index in [1.165, 1.54) is 24.6 Å². The number of imidazole rings is 2. The molecule has 8 nitrogen and oxygen atoms in total. The summed E-state index contributed by atoms with van der Waals surface area (Å²) in [5, 5.41) is 0. The maximum atomic E-state index is 12.5. The number of esters is 2. The van der Waals surface area contributed by atoms with E-state index in [4.69, 9.17) is 9.47 Å². The van der Waals surface area contributed by atoms with Crippen LogP contribution in [0, 0.1) is 0 Å². The van der Waals surface area contributed by atoms with Gasteiger partial charge in [-0.1, -0.05) is 0 Å². The molecule has 8 heteroatoms. The molecular weight excluding hydrogens is 384 g/mol. The molecule has 4 rings (SSSR count). The Kier molecular flexibility index (Phi) is 5.09. The minimum absolute atomic E-state index is 0.0687.